The van der Waals surface area contributed by atoms with Gasteiger partial charge in [0.1, 0.15) is 29.1 Å². The Morgan fingerprint density at radius 2 is 2.32 bits per heavy atom. The minimum atomic E-state index is -0.814. The van der Waals surface area contributed by atoms with Crippen molar-refractivity contribution in [3.05, 3.63) is 28.9 Å². The lowest BCUT2D eigenvalue weighted by molar-refractivity contribution is 0.364. The van der Waals surface area contributed by atoms with Crippen molar-refractivity contribution in [2.75, 3.05) is 18.0 Å². The number of halogens is 2. The van der Waals surface area contributed by atoms with E-state index in [9.17, 15) is 4.39 Å². The zero-order valence-corrected chi connectivity index (χ0v) is 10.7. The van der Waals surface area contributed by atoms with Crippen molar-refractivity contribution in [1.82, 2.24) is 9.97 Å². The van der Waals surface area contributed by atoms with Crippen LogP contribution in [0.25, 0.3) is 11.0 Å². The largest absolute Gasteiger partial charge is 0.354 e. The van der Waals surface area contributed by atoms with Crippen molar-refractivity contribution >= 4 is 28.5 Å². The lowest BCUT2D eigenvalue weighted by atomic mass is 10.2. The zero-order chi connectivity index (χ0) is 13.4. The number of pyridine rings is 2. The molecule has 3 rings (SSSR count). The molecule has 3 heterocycles. The molecule has 0 saturated carbocycles. The van der Waals surface area contributed by atoms with Gasteiger partial charge in [0.15, 0.2) is 0 Å². The Bertz CT molecular complexity index is 682. The number of nitriles is 1. The summed E-state index contributed by atoms with van der Waals surface area (Å²) in [5.74, 6) is 0.660. The number of anilines is 1. The molecular formula is C13H10ClFN4. The minimum absolute atomic E-state index is 0.282. The van der Waals surface area contributed by atoms with E-state index in [2.05, 4.69) is 9.97 Å². The Labute approximate surface area is 114 Å². The summed E-state index contributed by atoms with van der Waals surface area (Å²) in [6.45, 7) is 0.976. The first kappa shape index (κ1) is 12.1. The van der Waals surface area contributed by atoms with Crippen LogP contribution in [0.2, 0.25) is 5.02 Å². The van der Waals surface area contributed by atoms with Crippen molar-refractivity contribution in [3.63, 3.8) is 0 Å². The summed E-state index contributed by atoms with van der Waals surface area (Å²) < 4.78 is 13.2. The third-order valence-electron chi connectivity index (χ3n) is 3.22. The van der Waals surface area contributed by atoms with Gasteiger partial charge in [-0.3, -0.25) is 4.98 Å². The van der Waals surface area contributed by atoms with E-state index < -0.39 is 6.17 Å². The van der Waals surface area contributed by atoms with Gasteiger partial charge >= 0.3 is 0 Å². The van der Waals surface area contributed by atoms with Crippen LogP contribution in [0.5, 0.6) is 0 Å². The summed E-state index contributed by atoms with van der Waals surface area (Å²) >= 11 is 5.94. The van der Waals surface area contributed by atoms with Crippen molar-refractivity contribution < 1.29 is 4.39 Å². The third kappa shape index (κ3) is 2.08. The molecule has 4 nitrogen and oxygen atoms in total. The SMILES string of the molecule is N#Cc1c(Cl)cnc2ccc(N3CCC(F)C3)nc12. The molecule has 1 saturated heterocycles. The quantitative estimate of drug-likeness (QED) is 0.804. The maximum atomic E-state index is 13.2. The molecule has 1 aliphatic heterocycles. The smallest absolute Gasteiger partial charge is 0.129 e. The average Bonchev–Trinajstić information content (AvgIpc) is 2.85. The van der Waals surface area contributed by atoms with Crippen molar-refractivity contribution in [2.24, 2.45) is 0 Å². The highest BCUT2D eigenvalue weighted by molar-refractivity contribution is 6.32. The van der Waals surface area contributed by atoms with Gasteiger partial charge in [-0.2, -0.15) is 5.26 Å². The summed E-state index contributed by atoms with van der Waals surface area (Å²) in [6, 6.07) is 5.61. The number of hydrogen-bond acceptors (Lipinski definition) is 4. The number of alkyl halides is 1. The van der Waals surface area contributed by atoms with Gasteiger partial charge in [0.05, 0.1) is 17.1 Å². The van der Waals surface area contributed by atoms with Gasteiger partial charge in [0.2, 0.25) is 0 Å². The molecule has 0 aromatic carbocycles. The standard InChI is InChI=1S/C13H10ClFN4/c14-10-6-17-11-1-2-12(18-13(11)9(10)5-16)19-4-3-8(15)7-19/h1-2,6,8H,3-4,7H2. The highest BCUT2D eigenvalue weighted by Crippen LogP contribution is 2.26. The van der Waals surface area contributed by atoms with Gasteiger partial charge in [-0.25, -0.2) is 9.37 Å². The van der Waals surface area contributed by atoms with E-state index in [0.29, 0.717) is 41.9 Å². The second-order valence-electron chi connectivity index (χ2n) is 4.46. The molecule has 2 aromatic heterocycles. The van der Waals surface area contributed by atoms with Crippen LogP contribution in [0.1, 0.15) is 12.0 Å². The third-order valence-corrected chi connectivity index (χ3v) is 3.50. The van der Waals surface area contributed by atoms with Crippen molar-refractivity contribution in [2.45, 2.75) is 12.6 Å². The summed E-state index contributed by atoms with van der Waals surface area (Å²) in [6.07, 6.45) is 1.14. The second kappa shape index (κ2) is 4.63. The number of hydrogen-bond donors (Lipinski definition) is 0. The number of rotatable bonds is 1. The Balaban J connectivity index is 2.12. The van der Waals surface area contributed by atoms with Gasteiger partial charge in [0.25, 0.3) is 0 Å². The van der Waals surface area contributed by atoms with Gasteiger partial charge < -0.3 is 4.90 Å². The molecule has 0 aliphatic carbocycles. The number of fused-ring (bicyclic) bond motifs is 1. The van der Waals surface area contributed by atoms with Crippen LogP contribution in [-0.4, -0.2) is 29.2 Å². The van der Waals surface area contributed by atoms with Gasteiger partial charge in [0, 0.05) is 12.7 Å². The first-order valence-corrected chi connectivity index (χ1v) is 6.31. The summed E-state index contributed by atoms with van der Waals surface area (Å²) in [7, 11) is 0. The minimum Gasteiger partial charge on any atom is -0.354 e. The molecule has 6 heteroatoms. The first-order chi connectivity index (χ1) is 9.19. The molecule has 0 bridgehead atoms. The molecule has 1 aliphatic rings. The molecule has 2 aromatic rings. The lowest BCUT2D eigenvalue weighted by Crippen LogP contribution is -2.21. The van der Waals surface area contributed by atoms with Crippen molar-refractivity contribution in [3.8, 4) is 6.07 Å². The lowest BCUT2D eigenvalue weighted by Gasteiger charge is -2.16. The topological polar surface area (TPSA) is 52.8 Å². The molecule has 0 N–H and O–H groups in total. The molecule has 1 atom stereocenters. The fraction of sp³-hybridized carbons (Fsp3) is 0.308. The van der Waals surface area contributed by atoms with Crippen LogP contribution in [0.4, 0.5) is 10.2 Å². The second-order valence-corrected chi connectivity index (χ2v) is 4.87. The highest BCUT2D eigenvalue weighted by Gasteiger charge is 2.23. The monoisotopic (exact) mass is 276 g/mol. The van der Waals surface area contributed by atoms with E-state index >= 15 is 0 Å². The Morgan fingerprint density at radius 3 is 3.00 bits per heavy atom. The summed E-state index contributed by atoms with van der Waals surface area (Å²) in [5, 5.41) is 9.42. The molecular weight excluding hydrogens is 267 g/mol. The first-order valence-electron chi connectivity index (χ1n) is 5.93. The molecule has 1 fully saturated rings. The van der Waals surface area contributed by atoms with Crippen LogP contribution in [0.3, 0.4) is 0 Å². The Morgan fingerprint density at radius 1 is 1.47 bits per heavy atom. The van der Waals surface area contributed by atoms with Gasteiger partial charge in [-0.05, 0) is 18.6 Å². The number of nitrogens with zero attached hydrogens (tertiary/aromatic N) is 4. The van der Waals surface area contributed by atoms with E-state index in [0.717, 1.165) is 0 Å². The average molecular weight is 277 g/mol. The van der Waals surface area contributed by atoms with Gasteiger partial charge in [-0.1, -0.05) is 11.6 Å². The molecule has 19 heavy (non-hydrogen) atoms. The van der Waals surface area contributed by atoms with Crippen LogP contribution < -0.4 is 4.90 Å². The summed E-state index contributed by atoms with van der Waals surface area (Å²) in [5.41, 5.74) is 1.39. The van der Waals surface area contributed by atoms with Gasteiger partial charge in [-0.15, -0.1) is 0 Å². The zero-order valence-electron chi connectivity index (χ0n) is 9.98. The highest BCUT2D eigenvalue weighted by atomic mass is 35.5. The van der Waals surface area contributed by atoms with E-state index in [4.69, 9.17) is 16.9 Å². The molecule has 0 spiro atoms. The molecule has 0 radical (unpaired) electrons. The van der Waals surface area contributed by atoms with E-state index in [1.54, 1.807) is 12.1 Å². The van der Waals surface area contributed by atoms with E-state index in [1.807, 2.05) is 11.0 Å². The fourth-order valence-corrected chi connectivity index (χ4v) is 2.42. The van der Waals surface area contributed by atoms with Crippen LogP contribution in [0, 0.1) is 11.3 Å². The molecule has 1 unspecified atom stereocenters. The Kier molecular flexibility index (Phi) is 2.96. The summed E-state index contributed by atoms with van der Waals surface area (Å²) in [4.78, 5) is 10.4. The van der Waals surface area contributed by atoms with E-state index in [1.165, 1.54) is 6.20 Å². The predicted octanol–water partition coefficient (Wildman–Crippen LogP) is 2.70. The number of aromatic nitrogens is 2. The van der Waals surface area contributed by atoms with E-state index in [-0.39, 0.29) is 5.02 Å². The maximum absolute atomic E-state index is 13.2. The molecule has 96 valence electrons. The Hall–Kier alpha value is -1.93. The van der Waals surface area contributed by atoms with Crippen LogP contribution in [-0.2, 0) is 0 Å². The predicted molar refractivity (Wildman–Crippen MR) is 71.0 cm³/mol. The fourth-order valence-electron chi connectivity index (χ4n) is 2.24. The van der Waals surface area contributed by atoms with Crippen LogP contribution in [0.15, 0.2) is 18.3 Å². The maximum Gasteiger partial charge on any atom is 0.129 e. The van der Waals surface area contributed by atoms with Crippen LogP contribution >= 0.6 is 11.6 Å². The normalized spacial score (nSPS) is 18.8. The molecule has 0 amide bonds. The van der Waals surface area contributed by atoms with Crippen molar-refractivity contribution in [1.29, 1.82) is 5.26 Å².